The topological polar surface area (TPSA) is 9.23 Å². The predicted octanol–water partition coefficient (Wildman–Crippen LogP) is 4.65. The fourth-order valence-electron chi connectivity index (χ4n) is 1.87. The normalized spacial score (nSPS) is 11.8. The molecule has 1 heteroatoms. The average Bonchev–Trinajstić information content (AvgIpc) is 2.45. The first kappa shape index (κ1) is 13.6. The van der Waals surface area contributed by atoms with E-state index in [1.165, 1.54) is 16.7 Å². The lowest BCUT2D eigenvalue weighted by atomic mass is 10.0. The Bertz CT molecular complexity index is 512. The van der Waals surface area contributed by atoms with Crippen molar-refractivity contribution in [1.82, 2.24) is 0 Å². The maximum Gasteiger partial charge on any atom is 0.0726 e. The van der Waals surface area contributed by atoms with Gasteiger partial charge in [-0.2, -0.15) is 0 Å². The molecule has 0 aliphatic carbocycles. The molecule has 19 heavy (non-hydrogen) atoms. The molecule has 0 aliphatic rings. The van der Waals surface area contributed by atoms with Crippen molar-refractivity contribution in [2.45, 2.75) is 20.0 Å². The van der Waals surface area contributed by atoms with Gasteiger partial charge in [-0.25, -0.2) is 0 Å². The summed E-state index contributed by atoms with van der Waals surface area (Å²) < 4.78 is 5.76. The summed E-state index contributed by atoms with van der Waals surface area (Å²) in [6.07, 6.45) is 2.43. The van der Waals surface area contributed by atoms with Crippen molar-refractivity contribution in [3.05, 3.63) is 71.8 Å². The van der Waals surface area contributed by atoms with E-state index in [0.29, 0.717) is 6.61 Å². The lowest BCUT2D eigenvalue weighted by molar-refractivity contribution is 0.107. The molecule has 98 valence electrons. The van der Waals surface area contributed by atoms with Gasteiger partial charge >= 0.3 is 0 Å². The van der Waals surface area contributed by atoms with Gasteiger partial charge in [-0.05, 0) is 36.6 Å². The lowest BCUT2D eigenvalue weighted by Gasteiger charge is -2.12. The molecule has 2 rings (SSSR count). The van der Waals surface area contributed by atoms with Crippen molar-refractivity contribution in [2.75, 3.05) is 6.61 Å². The molecule has 0 radical (unpaired) electrons. The van der Waals surface area contributed by atoms with E-state index in [-0.39, 0.29) is 6.10 Å². The highest BCUT2D eigenvalue weighted by Gasteiger charge is 2.03. The summed E-state index contributed by atoms with van der Waals surface area (Å²) in [4.78, 5) is 0. The third kappa shape index (κ3) is 4.38. The zero-order valence-corrected chi connectivity index (χ0v) is 11.5. The number of ether oxygens (including phenoxy) is 1. The SMILES string of the molecule is CC(C)OCC(=Cc1ccccc1)c1ccccc1. The fraction of sp³-hybridized carbons (Fsp3) is 0.222. The number of rotatable bonds is 5. The highest BCUT2D eigenvalue weighted by molar-refractivity contribution is 5.82. The van der Waals surface area contributed by atoms with Crippen LogP contribution < -0.4 is 0 Å². The lowest BCUT2D eigenvalue weighted by Crippen LogP contribution is -2.05. The van der Waals surface area contributed by atoms with Crippen LogP contribution in [0, 0.1) is 0 Å². The van der Waals surface area contributed by atoms with Gasteiger partial charge in [0.15, 0.2) is 0 Å². The summed E-state index contributed by atoms with van der Waals surface area (Å²) in [6, 6.07) is 20.8. The Morgan fingerprint density at radius 2 is 1.53 bits per heavy atom. The molecule has 2 aromatic carbocycles. The zero-order chi connectivity index (χ0) is 13.5. The first-order chi connectivity index (χ1) is 9.25. The summed E-state index contributed by atoms with van der Waals surface area (Å²) in [5, 5.41) is 0. The predicted molar refractivity (Wildman–Crippen MR) is 81.8 cm³/mol. The number of hydrogen-bond donors (Lipinski definition) is 0. The Morgan fingerprint density at radius 1 is 0.947 bits per heavy atom. The van der Waals surface area contributed by atoms with Gasteiger partial charge < -0.3 is 4.74 Å². The molecule has 0 N–H and O–H groups in total. The quantitative estimate of drug-likeness (QED) is 0.704. The van der Waals surface area contributed by atoms with E-state index in [2.05, 4.69) is 68.5 Å². The summed E-state index contributed by atoms with van der Waals surface area (Å²) >= 11 is 0. The van der Waals surface area contributed by atoms with E-state index in [9.17, 15) is 0 Å². The standard InChI is InChI=1S/C18H20O/c1-15(2)19-14-18(17-11-7-4-8-12-17)13-16-9-5-3-6-10-16/h3-13,15H,14H2,1-2H3. The summed E-state index contributed by atoms with van der Waals surface area (Å²) in [5.74, 6) is 0. The second kappa shape index (κ2) is 6.91. The zero-order valence-electron chi connectivity index (χ0n) is 11.5. The van der Waals surface area contributed by atoms with Crippen LogP contribution in [0.4, 0.5) is 0 Å². The van der Waals surface area contributed by atoms with Gasteiger partial charge in [-0.3, -0.25) is 0 Å². The molecule has 0 amide bonds. The Hall–Kier alpha value is -1.86. The van der Waals surface area contributed by atoms with Crippen molar-refractivity contribution in [3.8, 4) is 0 Å². The third-order valence-electron chi connectivity index (χ3n) is 2.86. The van der Waals surface area contributed by atoms with Crippen LogP contribution in [0.1, 0.15) is 25.0 Å². The van der Waals surface area contributed by atoms with Gasteiger partial charge in [0.1, 0.15) is 0 Å². The molecule has 0 fully saturated rings. The van der Waals surface area contributed by atoms with Crippen LogP contribution in [-0.4, -0.2) is 12.7 Å². The minimum Gasteiger partial charge on any atom is -0.374 e. The molecule has 2 aromatic rings. The van der Waals surface area contributed by atoms with E-state index in [4.69, 9.17) is 4.74 Å². The molecular weight excluding hydrogens is 232 g/mol. The van der Waals surface area contributed by atoms with Crippen LogP contribution in [0.5, 0.6) is 0 Å². The Morgan fingerprint density at radius 3 is 2.11 bits per heavy atom. The van der Waals surface area contributed by atoms with Crippen molar-refractivity contribution in [1.29, 1.82) is 0 Å². The van der Waals surface area contributed by atoms with Crippen molar-refractivity contribution < 1.29 is 4.74 Å². The second-order valence-electron chi connectivity index (χ2n) is 4.81. The Labute approximate surface area is 115 Å². The van der Waals surface area contributed by atoms with E-state index in [0.717, 1.165) is 0 Å². The van der Waals surface area contributed by atoms with Crippen molar-refractivity contribution >= 4 is 11.6 Å². The molecular formula is C18H20O. The van der Waals surface area contributed by atoms with E-state index in [1.54, 1.807) is 0 Å². The van der Waals surface area contributed by atoms with Crippen LogP contribution in [0.15, 0.2) is 60.7 Å². The van der Waals surface area contributed by atoms with Gasteiger partial charge in [-0.15, -0.1) is 0 Å². The summed E-state index contributed by atoms with van der Waals surface area (Å²) in [5.41, 5.74) is 3.63. The fourth-order valence-corrected chi connectivity index (χ4v) is 1.87. The van der Waals surface area contributed by atoms with Gasteiger partial charge in [-0.1, -0.05) is 60.7 Å². The average molecular weight is 252 g/mol. The van der Waals surface area contributed by atoms with Gasteiger partial charge in [0.25, 0.3) is 0 Å². The van der Waals surface area contributed by atoms with Crippen LogP contribution in [-0.2, 0) is 4.74 Å². The maximum absolute atomic E-state index is 5.76. The first-order valence-corrected chi connectivity index (χ1v) is 6.68. The smallest absolute Gasteiger partial charge is 0.0726 e. The second-order valence-corrected chi connectivity index (χ2v) is 4.81. The molecule has 0 spiro atoms. The summed E-state index contributed by atoms with van der Waals surface area (Å²) in [7, 11) is 0. The molecule has 0 heterocycles. The molecule has 0 saturated heterocycles. The highest BCUT2D eigenvalue weighted by Crippen LogP contribution is 2.19. The van der Waals surface area contributed by atoms with Crippen LogP contribution in [0.3, 0.4) is 0 Å². The summed E-state index contributed by atoms with van der Waals surface area (Å²) in [6.45, 7) is 4.76. The van der Waals surface area contributed by atoms with Crippen LogP contribution >= 0.6 is 0 Å². The number of benzene rings is 2. The van der Waals surface area contributed by atoms with E-state index in [1.807, 2.05) is 12.1 Å². The van der Waals surface area contributed by atoms with E-state index < -0.39 is 0 Å². The minimum atomic E-state index is 0.239. The molecule has 0 atom stereocenters. The molecule has 0 bridgehead atoms. The first-order valence-electron chi connectivity index (χ1n) is 6.68. The highest BCUT2D eigenvalue weighted by atomic mass is 16.5. The van der Waals surface area contributed by atoms with Crippen LogP contribution in [0.2, 0.25) is 0 Å². The van der Waals surface area contributed by atoms with Crippen molar-refractivity contribution in [2.24, 2.45) is 0 Å². The minimum absolute atomic E-state index is 0.239. The van der Waals surface area contributed by atoms with Gasteiger partial charge in [0.2, 0.25) is 0 Å². The van der Waals surface area contributed by atoms with Gasteiger partial charge in [0.05, 0.1) is 12.7 Å². The third-order valence-corrected chi connectivity index (χ3v) is 2.86. The molecule has 0 aliphatic heterocycles. The van der Waals surface area contributed by atoms with E-state index >= 15 is 0 Å². The largest absolute Gasteiger partial charge is 0.374 e. The Balaban J connectivity index is 2.27. The maximum atomic E-state index is 5.76. The Kier molecular flexibility index (Phi) is 4.93. The van der Waals surface area contributed by atoms with Crippen LogP contribution in [0.25, 0.3) is 11.6 Å². The molecule has 1 nitrogen and oxygen atoms in total. The molecule has 0 aromatic heterocycles. The monoisotopic (exact) mass is 252 g/mol. The number of hydrogen-bond acceptors (Lipinski definition) is 1. The van der Waals surface area contributed by atoms with Crippen molar-refractivity contribution in [3.63, 3.8) is 0 Å². The molecule has 0 unspecified atom stereocenters. The van der Waals surface area contributed by atoms with Gasteiger partial charge in [0, 0.05) is 0 Å². The molecule has 0 saturated carbocycles.